The van der Waals surface area contributed by atoms with Gasteiger partial charge in [0.25, 0.3) is 0 Å². The van der Waals surface area contributed by atoms with Gasteiger partial charge in [0.2, 0.25) is 0 Å². The number of hydrogen-bond donors (Lipinski definition) is 1. The Morgan fingerprint density at radius 2 is 1.74 bits per heavy atom. The Kier molecular flexibility index (Phi) is 7.52. The lowest BCUT2D eigenvalue weighted by Crippen LogP contribution is -2.45. The molecule has 1 fully saturated rings. The second-order valence-corrected chi connectivity index (χ2v) is 6.70. The molecule has 0 spiro atoms. The molecule has 1 aliphatic heterocycles. The molecule has 0 bridgehead atoms. The number of rotatable bonds is 4. The third kappa shape index (κ3) is 3.93. The summed E-state index contributed by atoms with van der Waals surface area (Å²) >= 11 is 0. The van der Waals surface area contributed by atoms with Gasteiger partial charge in [-0.05, 0) is 30.7 Å². The fourth-order valence-corrected chi connectivity index (χ4v) is 4.16. The molecule has 1 aromatic heterocycles. The molecule has 0 saturated carbocycles. The molecule has 3 aromatic rings. The van der Waals surface area contributed by atoms with Crippen LogP contribution in [0.5, 0.6) is 0 Å². The van der Waals surface area contributed by atoms with Crippen molar-refractivity contribution in [2.24, 2.45) is 0 Å². The molecule has 4 rings (SSSR count). The standard InChI is InChI=1S/C21H24N4.2ClH/c1-2-25-20-6-4-3-5-17(20)18-15-16(7-8-21(18)25)19(9-10-22)24-13-11-23-12-14-24;;/h3-8,15,19,23H,2,9,11-14H2,1H3;2*1H/t19-;;/m1../s1. The zero-order valence-corrected chi connectivity index (χ0v) is 17.2. The number of aromatic nitrogens is 1. The molecule has 4 nitrogen and oxygen atoms in total. The normalized spacial score (nSPS) is 15.7. The van der Waals surface area contributed by atoms with Crippen molar-refractivity contribution in [1.29, 1.82) is 5.26 Å². The van der Waals surface area contributed by atoms with Gasteiger partial charge in [-0.15, -0.1) is 24.8 Å². The maximum absolute atomic E-state index is 9.36. The summed E-state index contributed by atoms with van der Waals surface area (Å²) in [5, 5.41) is 15.4. The van der Waals surface area contributed by atoms with E-state index in [4.69, 9.17) is 0 Å². The molecule has 0 aliphatic carbocycles. The molecule has 6 heteroatoms. The first kappa shape index (κ1) is 21.5. The van der Waals surface area contributed by atoms with Crippen molar-refractivity contribution in [3.8, 4) is 6.07 Å². The number of nitrogens with one attached hydrogen (secondary N) is 1. The van der Waals surface area contributed by atoms with Gasteiger partial charge in [-0.2, -0.15) is 5.26 Å². The van der Waals surface area contributed by atoms with Gasteiger partial charge in [0.05, 0.1) is 12.5 Å². The second kappa shape index (κ2) is 9.43. The molecule has 144 valence electrons. The zero-order chi connectivity index (χ0) is 17.2. The summed E-state index contributed by atoms with van der Waals surface area (Å²) in [6, 6.07) is 18.0. The number of hydrogen-bond acceptors (Lipinski definition) is 3. The minimum atomic E-state index is 0. The van der Waals surface area contributed by atoms with Crippen LogP contribution in [0.3, 0.4) is 0 Å². The predicted molar refractivity (Wildman–Crippen MR) is 117 cm³/mol. The average Bonchev–Trinajstić information content (AvgIpc) is 3.00. The van der Waals surface area contributed by atoms with E-state index in [2.05, 4.69) is 70.2 Å². The van der Waals surface area contributed by atoms with Crippen LogP contribution in [0.2, 0.25) is 0 Å². The molecule has 0 amide bonds. The number of halogens is 2. The molecule has 1 N–H and O–H groups in total. The Morgan fingerprint density at radius 3 is 2.44 bits per heavy atom. The maximum Gasteiger partial charge on any atom is 0.0641 e. The number of benzene rings is 2. The number of nitrogens with zero attached hydrogens (tertiary/aromatic N) is 3. The molecule has 0 radical (unpaired) electrons. The van der Waals surface area contributed by atoms with Crippen molar-refractivity contribution in [3.05, 3.63) is 48.0 Å². The molecule has 2 aromatic carbocycles. The highest BCUT2D eigenvalue weighted by molar-refractivity contribution is 6.08. The molecule has 2 heterocycles. The monoisotopic (exact) mass is 404 g/mol. The Bertz CT molecular complexity index is 938. The van der Waals surface area contributed by atoms with Gasteiger partial charge in [0.1, 0.15) is 0 Å². The fourth-order valence-electron chi connectivity index (χ4n) is 4.16. The summed E-state index contributed by atoms with van der Waals surface area (Å²) in [6.45, 7) is 7.16. The van der Waals surface area contributed by atoms with Gasteiger partial charge < -0.3 is 9.88 Å². The third-order valence-corrected chi connectivity index (χ3v) is 5.37. The Labute approximate surface area is 173 Å². The number of piperazine rings is 1. The molecule has 0 unspecified atom stereocenters. The van der Waals surface area contributed by atoms with Crippen LogP contribution in [0.1, 0.15) is 24.9 Å². The van der Waals surface area contributed by atoms with Gasteiger partial charge >= 0.3 is 0 Å². The van der Waals surface area contributed by atoms with Gasteiger partial charge in [-0.1, -0.05) is 24.3 Å². The Morgan fingerprint density at radius 1 is 1.04 bits per heavy atom. The summed E-state index contributed by atoms with van der Waals surface area (Å²) in [7, 11) is 0. The smallest absolute Gasteiger partial charge is 0.0641 e. The molecular formula is C21H26Cl2N4. The van der Waals surface area contributed by atoms with Gasteiger partial charge in [0.15, 0.2) is 0 Å². The molecule has 1 saturated heterocycles. The van der Waals surface area contributed by atoms with Crippen molar-refractivity contribution in [2.45, 2.75) is 25.9 Å². The minimum Gasteiger partial charge on any atom is -0.341 e. The number of aryl methyl sites for hydroxylation is 1. The van der Waals surface area contributed by atoms with Crippen LogP contribution in [0.25, 0.3) is 21.8 Å². The van der Waals surface area contributed by atoms with Gasteiger partial charge in [-0.3, -0.25) is 4.90 Å². The van der Waals surface area contributed by atoms with Gasteiger partial charge in [-0.25, -0.2) is 0 Å². The SMILES string of the molecule is CCn1c2ccccc2c2cc([C@@H](CC#N)N3CCNCC3)ccc21.Cl.Cl. The van der Waals surface area contributed by atoms with Crippen molar-refractivity contribution < 1.29 is 0 Å². The van der Waals surface area contributed by atoms with E-state index in [1.807, 2.05) is 0 Å². The molecule has 27 heavy (non-hydrogen) atoms. The quantitative estimate of drug-likeness (QED) is 0.694. The average molecular weight is 405 g/mol. The number of para-hydroxylation sites is 1. The summed E-state index contributed by atoms with van der Waals surface area (Å²) in [5.41, 5.74) is 3.83. The van der Waals surface area contributed by atoms with Crippen LogP contribution in [-0.2, 0) is 6.54 Å². The largest absolute Gasteiger partial charge is 0.341 e. The van der Waals surface area contributed by atoms with Crippen LogP contribution in [0.4, 0.5) is 0 Å². The number of fused-ring (bicyclic) bond motifs is 3. The summed E-state index contributed by atoms with van der Waals surface area (Å²) in [4.78, 5) is 2.44. The second-order valence-electron chi connectivity index (χ2n) is 6.70. The van der Waals surface area contributed by atoms with E-state index in [0.717, 1.165) is 32.7 Å². The van der Waals surface area contributed by atoms with Crippen molar-refractivity contribution >= 4 is 46.6 Å². The lowest BCUT2D eigenvalue weighted by molar-refractivity contribution is 0.176. The van der Waals surface area contributed by atoms with E-state index in [1.165, 1.54) is 27.4 Å². The predicted octanol–water partition coefficient (Wildman–Crippen LogP) is 4.52. The molecule has 1 atom stereocenters. The van der Waals surface area contributed by atoms with Crippen LogP contribution < -0.4 is 5.32 Å². The topological polar surface area (TPSA) is 44.0 Å². The Balaban J connectivity index is 0.00000131. The first-order valence-electron chi connectivity index (χ1n) is 9.16. The third-order valence-electron chi connectivity index (χ3n) is 5.37. The fraction of sp³-hybridized carbons (Fsp3) is 0.381. The summed E-state index contributed by atoms with van der Waals surface area (Å²) in [6.07, 6.45) is 0.540. The number of nitriles is 1. The highest BCUT2D eigenvalue weighted by Gasteiger charge is 2.23. The van der Waals surface area contributed by atoms with E-state index >= 15 is 0 Å². The van der Waals surface area contributed by atoms with E-state index in [0.29, 0.717) is 6.42 Å². The van der Waals surface area contributed by atoms with Crippen LogP contribution in [0.15, 0.2) is 42.5 Å². The maximum atomic E-state index is 9.36. The van der Waals surface area contributed by atoms with Crippen molar-refractivity contribution in [3.63, 3.8) is 0 Å². The van der Waals surface area contributed by atoms with E-state index in [9.17, 15) is 5.26 Å². The van der Waals surface area contributed by atoms with E-state index in [-0.39, 0.29) is 30.9 Å². The molecule has 1 aliphatic rings. The summed E-state index contributed by atoms with van der Waals surface area (Å²) < 4.78 is 2.37. The lowest BCUT2D eigenvalue weighted by atomic mass is 9.99. The van der Waals surface area contributed by atoms with Gasteiger partial charge in [0, 0.05) is 60.6 Å². The van der Waals surface area contributed by atoms with Crippen LogP contribution in [-0.4, -0.2) is 35.6 Å². The van der Waals surface area contributed by atoms with Crippen LogP contribution in [0, 0.1) is 11.3 Å². The van der Waals surface area contributed by atoms with E-state index in [1.54, 1.807) is 0 Å². The minimum absolute atomic E-state index is 0. The highest BCUT2D eigenvalue weighted by Crippen LogP contribution is 2.33. The van der Waals surface area contributed by atoms with Crippen molar-refractivity contribution in [2.75, 3.05) is 26.2 Å². The highest BCUT2D eigenvalue weighted by atomic mass is 35.5. The van der Waals surface area contributed by atoms with Crippen molar-refractivity contribution in [1.82, 2.24) is 14.8 Å². The first-order chi connectivity index (χ1) is 12.3. The summed E-state index contributed by atoms with van der Waals surface area (Å²) in [5.74, 6) is 0. The zero-order valence-electron chi connectivity index (χ0n) is 15.5. The van der Waals surface area contributed by atoms with E-state index < -0.39 is 0 Å². The van der Waals surface area contributed by atoms with Crippen LogP contribution >= 0.6 is 24.8 Å². The Hall–Kier alpha value is -1.77. The molecular weight excluding hydrogens is 379 g/mol. The lowest BCUT2D eigenvalue weighted by Gasteiger charge is -2.34. The first-order valence-corrected chi connectivity index (χ1v) is 9.16.